The molecule has 0 spiro atoms. The largest absolute Gasteiger partial charge is 0.507 e. The van der Waals surface area contributed by atoms with Gasteiger partial charge in [0.25, 0.3) is 0 Å². The van der Waals surface area contributed by atoms with E-state index >= 15 is 0 Å². The fraction of sp³-hybridized carbons (Fsp3) is 0.200. The third-order valence-electron chi connectivity index (χ3n) is 4.10. The molecule has 2 bridgehead atoms. The number of phenolic OH excluding ortho intramolecular Hbond substituents is 2. The molecule has 1 aliphatic rings. The molecule has 1 aliphatic carbocycles. The maximum Gasteiger partial charge on any atom is 0.190 e. The molecule has 4 rings (SSSR count). The summed E-state index contributed by atoms with van der Waals surface area (Å²) in [5, 5.41) is 18.7. The number of allylic oxidation sites excluding steroid dienone is 2. The highest BCUT2D eigenvalue weighted by molar-refractivity contribution is 7.24. The molecule has 128 valence electrons. The van der Waals surface area contributed by atoms with Crippen molar-refractivity contribution in [1.82, 2.24) is 0 Å². The van der Waals surface area contributed by atoms with Crippen molar-refractivity contribution in [3.8, 4) is 11.5 Å². The van der Waals surface area contributed by atoms with Gasteiger partial charge in [-0.3, -0.25) is 9.59 Å². The molecule has 2 N–H and O–H groups in total. The Morgan fingerprint density at radius 3 is 1.96 bits per heavy atom. The van der Waals surface area contributed by atoms with Crippen molar-refractivity contribution >= 4 is 32.3 Å². The molecule has 0 saturated carbocycles. The second-order valence-electron chi connectivity index (χ2n) is 5.89. The van der Waals surface area contributed by atoms with Gasteiger partial charge in [-0.05, 0) is 60.9 Å². The zero-order valence-electron chi connectivity index (χ0n) is 13.8. The van der Waals surface area contributed by atoms with Gasteiger partial charge in [-0.15, -0.1) is 11.3 Å². The first kappa shape index (κ1) is 17.2. The summed E-state index contributed by atoms with van der Waals surface area (Å²) in [6.07, 6.45) is 6.05. The van der Waals surface area contributed by atoms with Gasteiger partial charge in [-0.2, -0.15) is 0 Å². The van der Waals surface area contributed by atoms with Gasteiger partial charge in [0.05, 0.1) is 11.1 Å². The Balaban J connectivity index is 0.000000150. The van der Waals surface area contributed by atoms with Gasteiger partial charge in [-0.1, -0.05) is 13.3 Å². The standard InChI is InChI=1S/C10H6O4.C10H12S/c11-5-1-2-6(12)10-8(14)4-3-7(13)9(5)10;1-2-3-4-8-7-9-5-6-10(8)11-9/h1-4,11-12H;5-7H,2-4H2,1H3. The maximum absolute atomic E-state index is 11.3. The third-order valence-corrected chi connectivity index (χ3v) is 5.21. The monoisotopic (exact) mass is 354 g/mol. The summed E-state index contributed by atoms with van der Waals surface area (Å²) in [4.78, 5) is 22.6. The van der Waals surface area contributed by atoms with Crippen molar-refractivity contribution in [2.24, 2.45) is 0 Å². The number of aryl methyl sites for hydroxylation is 1. The number of benzene rings is 2. The summed E-state index contributed by atoms with van der Waals surface area (Å²) in [5.74, 6) is -1.54. The molecule has 0 saturated heterocycles. The number of phenols is 2. The predicted octanol–water partition coefficient (Wildman–Crippen LogP) is 4.71. The first-order chi connectivity index (χ1) is 12.0. The minimum absolute atomic E-state index is 0.127. The quantitative estimate of drug-likeness (QED) is 0.668. The minimum atomic E-state index is -0.479. The van der Waals surface area contributed by atoms with Crippen LogP contribution in [-0.2, 0) is 6.42 Å². The lowest BCUT2D eigenvalue weighted by atomic mass is 9.93. The highest BCUT2D eigenvalue weighted by Gasteiger charge is 2.25. The Hall–Kier alpha value is -2.66. The highest BCUT2D eigenvalue weighted by Crippen LogP contribution is 2.32. The lowest BCUT2D eigenvalue weighted by molar-refractivity contribution is 0.0989. The van der Waals surface area contributed by atoms with Crippen molar-refractivity contribution in [3.63, 3.8) is 0 Å². The van der Waals surface area contributed by atoms with E-state index < -0.39 is 11.6 Å². The topological polar surface area (TPSA) is 74.6 Å². The normalized spacial score (nSPS) is 13.0. The number of thiophene rings is 2. The Labute approximate surface area is 149 Å². The fourth-order valence-electron chi connectivity index (χ4n) is 2.81. The molecule has 4 nitrogen and oxygen atoms in total. The molecule has 5 heteroatoms. The molecule has 0 aliphatic heterocycles. The average Bonchev–Trinajstić information content (AvgIpc) is 3.22. The first-order valence-electron chi connectivity index (χ1n) is 8.13. The summed E-state index contributed by atoms with van der Waals surface area (Å²) < 4.78 is 2.93. The van der Waals surface area contributed by atoms with E-state index in [0.29, 0.717) is 0 Å². The van der Waals surface area contributed by atoms with E-state index in [2.05, 4.69) is 25.1 Å². The summed E-state index contributed by atoms with van der Waals surface area (Å²) in [5.41, 5.74) is 1.31. The van der Waals surface area contributed by atoms with Crippen LogP contribution in [-0.4, -0.2) is 21.8 Å². The number of fused-ring (bicyclic) bond motifs is 3. The number of rotatable bonds is 3. The van der Waals surface area contributed by atoms with Crippen LogP contribution >= 0.6 is 11.3 Å². The molecule has 25 heavy (non-hydrogen) atoms. The van der Waals surface area contributed by atoms with Crippen LogP contribution in [0.2, 0.25) is 0 Å². The second-order valence-corrected chi connectivity index (χ2v) is 7.01. The van der Waals surface area contributed by atoms with Crippen LogP contribution in [0.4, 0.5) is 0 Å². The summed E-state index contributed by atoms with van der Waals surface area (Å²) in [6, 6.07) is 9.13. The average molecular weight is 354 g/mol. The molecular formula is C20H18O4S. The van der Waals surface area contributed by atoms with Gasteiger partial charge in [0.1, 0.15) is 11.5 Å². The van der Waals surface area contributed by atoms with E-state index in [1.165, 1.54) is 40.8 Å². The molecular weight excluding hydrogens is 336 g/mol. The van der Waals surface area contributed by atoms with Crippen molar-refractivity contribution < 1.29 is 19.8 Å². The zero-order chi connectivity index (χ0) is 18.0. The van der Waals surface area contributed by atoms with Gasteiger partial charge in [0.2, 0.25) is 0 Å². The Morgan fingerprint density at radius 2 is 1.52 bits per heavy atom. The van der Waals surface area contributed by atoms with E-state index in [9.17, 15) is 19.8 Å². The van der Waals surface area contributed by atoms with Crippen LogP contribution in [0.5, 0.6) is 11.5 Å². The number of hydrogen-bond acceptors (Lipinski definition) is 5. The summed E-state index contributed by atoms with van der Waals surface area (Å²) in [7, 11) is 0. The molecule has 0 amide bonds. The maximum atomic E-state index is 11.3. The fourth-order valence-corrected chi connectivity index (χ4v) is 3.83. The van der Waals surface area contributed by atoms with Crippen LogP contribution in [0.3, 0.4) is 0 Å². The van der Waals surface area contributed by atoms with Crippen LogP contribution in [0.15, 0.2) is 42.5 Å². The summed E-state index contributed by atoms with van der Waals surface area (Å²) >= 11 is 1.92. The van der Waals surface area contributed by atoms with Gasteiger partial charge < -0.3 is 10.2 Å². The molecule has 0 fully saturated rings. The summed E-state index contributed by atoms with van der Waals surface area (Å²) in [6.45, 7) is 2.24. The predicted molar refractivity (Wildman–Crippen MR) is 99.2 cm³/mol. The van der Waals surface area contributed by atoms with Crippen molar-refractivity contribution in [3.05, 3.63) is 59.2 Å². The zero-order valence-corrected chi connectivity index (χ0v) is 14.6. The molecule has 3 aromatic rings. The van der Waals surface area contributed by atoms with Crippen molar-refractivity contribution in [1.29, 1.82) is 0 Å². The number of ketones is 2. The first-order valence-corrected chi connectivity index (χ1v) is 8.95. The van der Waals surface area contributed by atoms with Gasteiger partial charge in [0, 0.05) is 9.40 Å². The molecule has 0 atom stereocenters. The van der Waals surface area contributed by atoms with Crippen LogP contribution < -0.4 is 0 Å². The second kappa shape index (κ2) is 7.07. The third kappa shape index (κ3) is 3.42. The Bertz CT molecular complexity index is 909. The highest BCUT2D eigenvalue weighted by atomic mass is 32.1. The van der Waals surface area contributed by atoms with E-state index in [0.717, 1.165) is 12.2 Å². The SMILES string of the molecule is CCCCc1cc2ccc1s2.O=C1C=CC(=O)c2c(O)ccc(O)c21. The Morgan fingerprint density at radius 1 is 0.920 bits per heavy atom. The van der Waals surface area contributed by atoms with Crippen molar-refractivity contribution in [2.75, 3.05) is 0 Å². The lowest BCUT2D eigenvalue weighted by Crippen LogP contribution is -2.11. The molecule has 2 aromatic heterocycles. The molecule has 2 heterocycles. The number of carbonyl (C=O) groups is 2. The van der Waals surface area contributed by atoms with Gasteiger partial charge in [0.15, 0.2) is 11.6 Å². The van der Waals surface area contributed by atoms with Gasteiger partial charge >= 0.3 is 0 Å². The van der Waals surface area contributed by atoms with E-state index in [4.69, 9.17) is 0 Å². The molecule has 0 radical (unpaired) electrons. The smallest absolute Gasteiger partial charge is 0.190 e. The number of hydrogen-bond donors (Lipinski definition) is 2. The van der Waals surface area contributed by atoms with Crippen molar-refractivity contribution in [2.45, 2.75) is 26.2 Å². The van der Waals surface area contributed by atoms with Crippen LogP contribution in [0.1, 0.15) is 46.0 Å². The number of unbranched alkanes of at least 4 members (excludes halogenated alkanes) is 1. The van der Waals surface area contributed by atoms with Crippen LogP contribution in [0.25, 0.3) is 9.40 Å². The Kier molecular flexibility index (Phi) is 4.86. The van der Waals surface area contributed by atoms with Crippen LogP contribution in [0, 0.1) is 0 Å². The lowest BCUT2D eigenvalue weighted by Gasteiger charge is -2.11. The number of carbonyl (C=O) groups excluding carboxylic acids is 2. The molecule has 0 unspecified atom stereocenters. The van der Waals surface area contributed by atoms with E-state index in [-0.39, 0.29) is 22.6 Å². The number of aromatic hydroxyl groups is 2. The van der Waals surface area contributed by atoms with E-state index in [1.807, 2.05) is 11.3 Å². The van der Waals surface area contributed by atoms with E-state index in [1.54, 1.807) is 5.56 Å². The van der Waals surface area contributed by atoms with Gasteiger partial charge in [-0.25, -0.2) is 0 Å². The minimum Gasteiger partial charge on any atom is -0.507 e. The molecule has 1 aromatic carbocycles.